The second-order valence-electron chi connectivity index (χ2n) is 11.3. The number of amides is 1. The van der Waals surface area contributed by atoms with Crippen LogP contribution in [0.3, 0.4) is 0 Å². The van der Waals surface area contributed by atoms with Crippen LogP contribution in [0.2, 0.25) is 0 Å². The zero-order valence-electron chi connectivity index (χ0n) is 23.0. The number of rotatable bonds is 8. The summed E-state index contributed by atoms with van der Waals surface area (Å²) in [4.78, 5) is 25.3. The maximum Gasteiger partial charge on any atom is 0.408 e. The summed E-state index contributed by atoms with van der Waals surface area (Å²) >= 11 is 0. The summed E-state index contributed by atoms with van der Waals surface area (Å²) in [5, 5.41) is 6.48. The summed E-state index contributed by atoms with van der Waals surface area (Å²) in [6.07, 6.45) is 1.84. The van der Waals surface area contributed by atoms with E-state index in [-0.39, 0.29) is 24.4 Å². The number of imidazole rings is 1. The molecular weight excluding hydrogens is 502 g/mol. The van der Waals surface area contributed by atoms with E-state index < -0.39 is 23.7 Å². The third kappa shape index (κ3) is 6.14. The quantitative estimate of drug-likeness (QED) is 0.365. The molecular formula is C27H37N7O5. The zero-order valence-corrected chi connectivity index (χ0v) is 23.0. The van der Waals surface area contributed by atoms with Crippen LogP contribution >= 0.6 is 0 Å². The lowest BCUT2D eigenvalue weighted by molar-refractivity contribution is -0.195. The van der Waals surface area contributed by atoms with E-state index >= 15 is 0 Å². The van der Waals surface area contributed by atoms with Crippen molar-refractivity contribution in [2.24, 2.45) is 0 Å². The van der Waals surface area contributed by atoms with Crippen LogP contribution in [-0.4, -0.2) is 68.4 Å². The lowest BCUT2D eigenvalue weighted by atomic mass is 10.0. The Morgan fingerprint density at radius 2 is 1.90 bits per heavy atom. The molecule has 0 radical (unpaired) electrons. The van der Waals surface area contributed by atoms with Gasteiger partial charge in [-0.2, -0.15) is 0 Å². The minimum atomic E-state index is -0.754. The Kier molecular flexibility index (Phi) is 7.47. The van der Waals surface area contributed by atoms with E-state index in [2.05, 4.69) is 25.6 Å². The molecule has 2 aliphatic rings. The lowest BCUT2D eigenvalue weighted by Crippen LogP contribution is -2.39. The van der Waals surface area contributed by atoms with Crippen molar-refractivity contribution in [1.82, 2.24) is 30.2 Å². The number of benzene rings is 1. The number of carbonyl (C=O) groups excluding carboxylic acids is 1. The Labute approximate surface area is 227 Å². The predicted octanol–water partition coefficient (Wildman–Crippen LogP) is 3.07. The van der Waals surface area contributed by atoms with Gasteiger partial charge in [-0.05, 0) is 53.1 Å². The number of alkyl carbamates (subject to hydrolysis) is 1. The SMILES string of the molecule is CC(C)(C)OC(=O)NC(CCNC[C@H]1O[C@@H](n2cnc3c(N)ncnc32)[C@@H]2OC(C)(C)O[C@@H]21)c1ccccc1. The number of nitrogens with one attached hydrogen (secondary N) is 2. The molecule has 0 saturated carbocycles. The molecule has 4 heterocycles. The lowest BCUT2D eigenvalue weighted by Gasteiger charge is -2.25. The number of fused-ring (bicyclic) bond motifs is 2. The van der Waals surface area contributed by atoms with E-state index in [0.29, 0.717) is 36.5 Å². The monoisotopic (exact) mass is 539 g/mol. The summed E-state index contributed by atoms with van der Waals surface area (Å²) in [5.74, 6) is -0.446. The minimum Gasteiger partial charge on any atom is -0.444 e. The Balaban J connectivity index is 1.24. The average molecular weight is 540 g/mol. The molecule has 12 heteroatoms. The standard InChI is InChI=1S/C27H37N7O5/c1-26(2,3)39-25(35)33-17(16-9-7-6-8-10-16)11-12-29-13-18-20-21(38-27(4,5)37-20)24(36-18)34-15-32-19-22(28)30-14-31-23(19)34/h6-10,14-15,17-18,20-21,24,29H,11-13H2,1-5H3,(H,33,35)(H2,28,30,31)/t17?,18-,20-,21-,24-/m1/s1. The number of hydrogen-bond donors (Lipinski definition) is 3. The fourth-order valence-electron chi connectivity index (χ4n) is 5.05. The van der Waals surface area contributed by atoms with Crippen molar-refractivity contribution in [1.29, 1.82) is 0 Å². The molecule has 12 nitrogen and oxygen atoms in total. The molecule has 3 aromatic rings. The number of hydrogen-bond acceptors (Lipinski definition) is 10. The van der Waals surface area contributed by atoms with Crippen LogP contribution in [0.1, 0.15) is 58.9 Å². The number of nitrogens with two attached hydrogens (primary N) is 1. The topological polar surface area (TPSA) is 148 Å². The summed E-state index contributed by atoms with van der Waals surface area (Å²) < 4.78 is 26.2. The van der Waals surface area contributed by atoms with E-state index in [4.69, 9.17) is 24.7 Å². The first kappa shape index (κ1) is 27.3. The van der Waals surface area contributed by atoms with Gasteiger partial charge in [-0.15, -0.1) is 0 Å². The zero-order chi connectivity index (χ0) is 27.8. The number of anilines is 1. The summed E-state index contributed by atoms with van der Waals surface area (Å²) in [6, 6.07) is 9.63. The van der Waals surface area contributed by atoms with E-state index in [1.165, 1.54) is 6.33 Å². The molecule has 5 atom stereocenters. The molecule has 210 valence electrons. The molecule has 2 fully saturated rings. The average Bonchev–Trinajstić information content (AvgIpc) is 3.52. The van der Waals surface area contributed by atoms with Gasteiger partial charge in [0.2, 0.25) is 0 Å². The van der Waals surface area contributed by atoms with Crippen molar-refractivity contribution in [3.05, 3.63) is 48.5 Å². The van der Waals surface area contributed by atoms with Gasteiger partial charge in [-0.3, -0.25) is 4.57 Å². The molecule has 0 aliphatic carbocycles. The van der Waals surface area contributed by atoms with Crippen molar-refractivity contribution in [3.8, 4) is 0 Å². The molecule has 2 aliphatic heterocycles. The molecule has 39 heavy (non-hydrogen) atoms. The van der Waals surface area contributed by atoms with Gasteiger partial charge in [-0.25, -0.2) is 19.7 Å². The third-order valence-corrected chi connectivity index (χ3v) is 6.63. The first-order chi connectivity index (χ1) is 18.5. The molecule has 2 saturated heterocycles. The van der Waals surface area contributed by atoms with Crippen LogP contribution in [0, 0.1) is 0 Å². The normalized spacial score (nSPS) is 24.9. The molecule has 0 bridgehead atoms. The van der Waals surface area contributed by atoms with Gasteiger partial charge in [0.1, 0.15) is 35.8 Å². The largest absolute Gasteiger partial charge is 0.444 e. The maximum atomic E-state index is 12.5. The Morgan fingerprint density at radius 3 is 2.64 bits per heavy atom. The van der Waals surface area contributed by atoms with Crippen LogP contribution < -0.4 is 16.4 Å². The first-order valence-electron chi connectivity index (χ1n) is 13.2. The number of ether oxygens (including phenoxy) is 4. The van der Waals surface area contributed by atoms with Crippen molar-refractivity contribution in [2.45, 2.75) is 83.0 Å². The summed E-state index contributed by atoms with van der Waals surface area (Å²) in [6.45, 7) is 10.5. The molecule has 4 N–H and O–H groups in total. The van der Waals surface area contributed by atoms with Crippen LogP contribution in [0.4, 0.5) is 10.6 Å². The van der Waals surface area contributed by atoms with Gasteiger partial charge in [0, 0.05) is 6.54 Å². The van der Waals surface area contributed by atoms with Crippen LogP contribution in [-0.2, 0) is 18.9 Å². The number of nitrogens with zero attached hydrogens (tertiary/aromatic N) is 4. The number of aromatic nitrogens is 4. The molecule has 2 aromatic heterocycles. The Bertz CT molecular complexity index is 1290. The Morgan fingerprint density at radius 1 is 1.15 bits per heavy atom. The smallest absolute Gasteiger partial charge is 0.408 e. The van der Waals surface area contributed by atoms with E-state index in [0.717, 1.165) is 5.56 Å². The van der Waals surface area contributed by atoms with E-state index in [9.17, 15) is 4.79 Å². The third-order valence-electron chi connectivity index (χ3n) is 6.63. The van der Waals surface area contributed by atoms with Gasteiger partial charge < -0.3 is 35.3 Å². The highest BCUT2D eigenvalue weighted by molar-refractivity contribution is 5.81. The van der Waals surface area contributed by atoms with E-state index in [1.54, 1.807) is 6.33 Å². The van der Waals surface area contributed by atoms with Crippen molar-refractivity contribution in [3.63, 3.8) is 0 Å². The van der Waals surface area contributed by atoms with Gasteiger partial charge in [0.25, 0.3) is 0 Å². The van der Waals surface area contributed by atoms with Crippen LogP contribution in [0.15, 0.2) is 43.0 Å². The predicted molar refractivity (Wildman–Crippen MR) is 144 cm³/mol. The highest BCUT2D eigenvalue weighted by atomic mass is 16.8. The van der Waals surface area contributed by atoms with Crippen LogP contribution in [0.25, 0.3) is 11.2 Å². The van der Waals surface area contributed by atoms with Crippen LogP contribution in [0.5, 0.6) is 0 Å². The van der Waals surface area contributed by atoms with Gasteiger partial charge in [0.05, 0.1) is 12.4 Å². The second-order valence-corrected chi connectivity index (χ2v) is 11.3. The van der Waals surface area contributed by atoms with Crippen molar-refractivity contribution < 1.29 is 23.7 Å². The maximum absolute atomic E-state index is 12.5. The fraction of sp³-hybridized carbons (Fsp3) is 0.556. The van der Waals surface area contributed by atoms with Gasteiger partial charge >= 0.3 is 6.09 Å². The first-order valence-corrected chi connectivity index (χ1v) is 13.2. The highest BCUT2D eigenvalue weighted by Gasteiger charge is 2.56. The summed E-state index contributed by atoms with van der Waals surface area (Å²) in [7, 11) is 0. The minimum absolute atomic E-state index is 0.217. The van der Waals surface area contributed by atoms with E-state index in [1.807, 2.05) is 69.5 Å². The van der Waals surface area contributed by atoms with Gasteiger partial charge in [0.15, 0.2) is 23.5 Å². The number of nitrogen functional groups attached to an aromatic ring is 1. The Hall–Kier alpha value is -3.32. The van der Waals surface area contributed by atoms with Crippen molar-refractivity contribution >= 4 is 23.1 Å². The fourth-order valence-corrected chi connectivity index (χ4v) is 5.05. The second kappa shape index (κ2) is 10.7. The summed E-state index contributed by atoms with van der Waals surface area (Å²) in [5.41, 5.74) is 7.50. The molecule has 1 amide bonds. The molecule has 1 aromatic carbocycles. The highest BCUT2D eigenvalue weighted by Crippen LogP contribution is 2.43. The van der Waals surface area contributed by atoms with Crippen molar-refractivity contribution in [2.75, 3.05) is 18.8 Å². The molecule has 1 unspecified atom stereocenters. The number of carbonyl (C=O) groups is 1. The molecule has 5 rings (SSSR count). The van der Waals surface area contributed by atoms with Gasteiger partial charge in [-0.1, -0.05) is 30.3 Å². The molecule has 0 spiro atoms.